The van der Waals surface area contributed by atoms with E-state index in [0.717, 1.165) is 45.9 Å². The molecule has 0 radical (unpaired) electrons. The van der Waals surface area contributed by atoms with Crippen LogP contribution in [-0.2, 0) is 5.75 Å². The number of aromatic nitrogens is 4. The maximum atomic E-state index is 13.4. The summed E-state index contributed by atoms with van der Waals surface area (Å²) in [5, 5.41) is 11.0. The molecule has 1 N–H and O–H groups in total. The first-order valence-corrected chi connectivity index (χ1v) is 9.67. The normalized spacial score (nSPS) is 14.2. The van der Waals surface area contributed by atoms with Gasteiger partial charge < -0.3 is 4.98 Å². The van der Waals surface area contributed by atoms with Gasteiger partial charge in [0.15, 0.2) is 11.0 Å². The van der Waals surface area contributed by atoms with Crippen LogP contribution in [0.3, 0.4) is 0 Å². The zero-order valence-electron chi connectivity index (χ0n) is 14.0. The molecule has 4 aromatic rings. The maximum absolute atomic E-state index is 13.4. The van der Waals surface area contributed by atoms with Gasteiger partial charge in [-0.2, -0.15) is 0 Å². The van der Waals surface area contributed by atoms with Gasteiger partial charge in [-0.1, -0.05) is 42.1 Å². The van der Waals surface area contributed by atoms with Crippen LogP contribution >= 0.6 is 11.8 Å². The van der Waals surface area contributed by atoms with Crippen LogP contribution in [0.15, 0.2) is 59.9 Å². The van der Waals surface area contributed by atoms with Gasteiger partial charge in [0.25, 0.3) is 0 Å². The molecule has 0 unspecified atom stereocenters. The van der Waals surface area contributed by atoms with E-state index in [4.69, 9.17) is 0 Å². The fraction of sp³-hybridized carbons (Fsp3) is 0.200. The number of hydrogen-bond acceptors (Lipinski definition) is 3. The van der Waals surface area contributed by atoms with Gasteiger partial charge in [-0.05, 0) is 36.6 Å². The lowest BCUT2D eigenvalue weighted by molar-refractivity contribution is 0.626. The molecule has 2 aromatic carbocycles. The summed E-state index contributed by atoms with van der Waals surface area (Å²) in [7, 11) is 0. The quantitative estimate of drug-likeness (QED) is 0.496. The first kappa shape index (κ1) is 15.6. The van der Waals surface area contributed by atoms with Crippen molar-refractivity contribution in [2.24, 2.45) is 0 Å². The van der Waals surface area contributed by atoms with Crippen LogP contribution in [0.2, 0.25) is 0 Å². The van der Waals surface area contributed by atoms with Crippen molar-refractivity contribution in [1.29, 1.82) is 0 Å². The molecule has 0 saturated heterocycles. The number of fused-ring (bicyclic) bond motifs is 1. The maximum Gasteiger partial charge on any atom is 0.192 e. The lowest BCUT2D eigenvalue weighted by Gasteiger charge is -2.08. The zero-order chi connectivity index (χ0) is 17.5. The molecule has 1 aliphatic rings. The highest BCUT2D eigenvalue weighted by Crippen LogP contribution is 2.42. The number of thioether (sulfide) groups is 1. The van der Waals surface area contributed by atoms with Crippen LogP contribution < -0.4 is 0 Å². The molecule has 0 aliphatic heterocycles. The average molecular weight is 364 g/mol. The summed E-state index contributed by atoms with van der Waals surface area (Å²) in [6.07, 6.45) is 4.32. The van der Waals surface area contributed by atoms with Crippen molar-refractivity contribution in [1.82, 2.24) is 19.7 Å². The number of H-pyrrole nitrogens is 1. The Morgan fingerprint density at radius 1 is 1.12 bits per heavy atom. The van der Waals surface area contributed by atoms with E-state index in [1.165, 1.54) is 6.07 Å². The molecule has 0 bridgehead atoms. The number of hydrogen-bond donors (Lipinski definition) is 1. The summed E-state index contributed by atoms with van der Waals surface area (Å²) in [4.78, 5) is 3.32. The number of benzene rings is 2. The second kappa shape index (κ2) is 6.29. The number of aromatic amines is 1. The van der Waals surface area contributed by atoms with Crippen molar-refractivity contribution in [3.8, 4) is 11.4 Å². The van der Waals surface area contributed by atoms with E-state index in [9.17, 15) is 4.39 Å². The van der Waals surface area contributed by atoms with Crippen molar-refractivity contribution in [3.63, 3.8) is 0 Å². The second-order valence-corrected chi connectivity index (χ2v) is 7.52. The Bertz CT molecular complexity index is 1080. The molecule has 0 spiro atoms. The molecule has 4 nitrogen and oxygen atoms in total. The van der Waals surface area contributed by atoms with Gasteiger partial charge >= 0.3 is 0 Å². The van der Waals surface area contributed by atoms with Crippen LogP contribution in [0.5, 0.6) is 0 Å². The molecule has 130 valence electrons. The van der Waals surface area contributed by atoms with Crippen LogP contribution in [0.4, 0.5) is 4.39 Å². The Hall–Kier alpha value is -2.60. The van der Waals surface area contributed by atoms with Gasteiger partial charge in [0, 0.05) is 34.5 Å². The summed E-state index contributed by atoms with van der Waals surface area (Å²) >= 11 is 1.61. The van der Waals surface area contributed by atoms with E-state index in [2.05, 4.69) is 31.9 Å². The highest BCUT2D eigenvalue weighted by molar-refractivity contribution is 7.98. The number of rotatable bonds is 5. The summed E-state index contributed by atoms with van der Waals surface area (Å²) in [5.74, 6) is 1.38. The predicted octanol–water partition coefficient (Wildman–Crippen LogP) is 5.19. The highest BCUT2D eigenvalue weighted by atomic mass is 32.2. The molecule has 5 rings (SSSR count). The van der Waals surface area contributed by atoms with Gasteiger partial charge in [0.05, 0.1) is 0 Å². The van der Waals surface area contributed by atoms with Gasteiger partial charge in [0.1, 0.15) is 5.82 Å². The van der Waals surface area contributed by atoms with Gasteiger partial charge in [0.2, 0.25) is 0 Å². The van der Waals surface area contributed by atoms with Crippen molar-refractivity contribution in [3.05, 3.63) is 66.1 Å². The molecular formula is C20H17FN4S. The summed E-state index contributed by atoms with van der Waals surface area (Å²) < 4.78 is 15.7. The SMILES string of the molecule is Fc1cccc(CSc2nnc(-c3c[nH]c4ccccc34)n2C2CC2)c1. The Kier molecular flexibility index (Phi) is 3.78. The Balaban J connectivity index is 1.50. The molecule has 26 heavy (non-hydrogen) atoms. The third kappa shape index (κ3) is 2.80. The lowest BCUT2D eigenvalue weighted by Crippen LogP contribution is -1.99. The molecule has 2 heterocycles. The van der Waals surface area contributed by atoms with E-state index < -0.39 is 0 Å². The van der Waals surface area contributed by atoms with Crippen LogP contribution in [0.25, 0.3) is 22.3 Å². The molecule has 1 fully saturated rings. The summed E-state index contributed by atoms with van der Waals surface area (Å²) in [6, 6.07) is 15.4. The van der Waals surface area contributed by atoms with E-state index in [1.807, 2.05) is 24.4 Å². The monoisotopic (exact) mass is 364 g/mol. The highest BCUT2D eigenvalue weighted by Gasteiger charge is 2.30. The molecule has 2 aromatic heterocycles. The van der Waals surface area contributed by atoms with E-state index in [-0.39, 0.29) is 5.82 Å². The smallest absolute Gasteiger partial charge is 0.192 e. The van der Waals surface area contributed by atoms with Gasteiger partial charge in [-0.15, -0.1) is 10.2 Å². The number of nitrogens with zero attached hydrogens (tertiary/aromatic N) is 3. The van der Waals surface area contributed by atoms with Crippen LogP contribution in [-0.4, -0.2) is 19.7 Å². The molecule has 0 amide bonds. The number of para-hydroxylation sites is 1. The first-order valence-electron chi connectivity index (χ1n) is 8.68. The standard InChI is InChI=1S/C20H17FN4S/c21-14-5-3-4-13(10-14)12-26-20-24-23-19(25(20)15-8-9-15)17-11-22-18-7-2-1-6-16(17)18/h1-7,10-11,15,22H,8-9,12H2. The molecule has 1 aliphatic carbocycles. The summed E-state index contributed by atoms with van der Waals surface area (Å²) in [6.45, 7) is 0. The van der Waals surface area contributed by atoms with Gasteiger partial charge in [-0.25, -0.2) is 4.39 Å². The van der Waals surface area contributed by atoms with Crippen molar-refractivity contribution >= 4 is 22.7 Å². The van der Waals surface area contributed by atoms with Crippen molar-refractivity contribution < 1.29 is 4.39 Å². The fourth-order valence-electron chi connectivity index (χ4n) is 3.25. The molecular weight excluding hydrogens is 347 g/mol. The van der Waals surface area contributed by atoms with Crippen molar-refractivity contribution in [2.75, 3.05) is 0 Å². The number of halogens is 1. The molecule has 1 saturated carbocycles. The minimum atomic E-state index is -0.203. The van der Waals surface area contributed by atoms with E-state index >= 15 is 0 Å². The predicted molar refractivity (Wildman–Crippen MR) is 102 cm³/mol. The lowest BCUT2D eigenvalue weighted by atomic mass is 10.1. The first-order chi connectivity index (χ1) is 12.8. The molecule has 6 heteroatoms. The minimum Gasteiger partial charge on any atom is -0.360 e. The van der Waals surface area contributed by atoms with E-state index in [1.54, 1.807) is 23.9 Å². The topological polar surface area (TPSA) is 46.5 Å². The zero-order valence-corrected chi connectivity index (χ0v) is 14.8. The molecule has 0 atom stereocenters. The Morgan fingerprint density at radius 3 is 2.85 bits per heavy atom. The Morgan fingerprint density at radius 2 is 2.00 bits per heavy atom. The minimum absolute atomic E-state index is 0.203. The summed E-state index contributed by atoms with van der Waals surface area (Å²) in [5.41, 5.74) is 3.13. The van der Waals surface area contributed by atoms with Crippen LogP contribution in [0.1, 0.15) is 24.4 Å². The third-order valence-corrected chi connectivity index (χ3v) is 5.68. The largest absolute Gasteiger partial charge is 0.360 e. The third-order valence-electron chi connectivity index (χ3n) is 4.66. The van der Waals surface area contributed by atoms with Crippen LogP contribution in [0, 0.1) is 5.82 Å². The number of nitrogens with one attached hydrogen (secondary N) is 1. The fourth-order valence-corrected chi connectivity index (χ4v) is 4.20. The van der Waals surface area contributed by atoms with E-state index in [0.29, 0.717) is 11.8 Å². The average Bonchev–Trinajstić information content (AvgIpc) is 3.26. The second-order valence-electron chi connectivity index (χ2n) is 6.57. The Labute approximate surface area is 154 Å². The van der Waals surface area contributed by atoms with Gasteiger partial charge in [-0.3, -0.25) is 4.57 Å². The van der Waals surface area contributed by atoms with Crippen molar-refractivity contribution in [2.45, 2.75) is 29.8 Å².